The zero-order valence-corrected chi connectivity index (χ0v) is 15.3. The summed E-state index contributed by atoms with van der Waals surface area (Å²) in [6, 6.07) is 11.9. The maximum absolute atomic E-state index is 12.2. The molecule has 3 atom stereocenters. The van der Waals surface area contributed by atoms with Crippen molar-refractivity contribution in [3.8, 4) is 0 Å². The van der Waals surface area contributed by atoms with E-state index in [0.29, 0.717) is 18.1 Å². The van der Waals surface area contributed by atoms with Gasteiger partial charge in [-0.25, -0.2) is 0 Å². The summed E-state index contributed by atoms with van der Waals surface area (Å²) in [5, 5.41) is 3.20. The van der Waals surface area contributed by atoms with Crippen LogP contribution in [0.15, 0.2) is 30.3 Å². The van der Waals surface area contributed by atoms with Gasteiger partial charge in [0.2, 0.25) is 5.91 Å². The average molecular weight is 352 g/mol. The molecule has 3 rings (SSSR count). The normalized spacial score (nSPS) is 27.3. The van der Waals surface area contributed by atoms with E-state index in [1.807, 2.05) is 0 Å². The first kappa shape index (κ1) is 19.2. The molecule has 0 saturated carbocycles. The first-order valence-electron chi connectivity index (χ1n) is 9.03. The SMILES string of the molecule is CCCC(N)C(=O)NC1CC2CCC(C1)N2Cc1ccccc1.Cl. The lowest BCUT2D eigenvalue weighted by molar-refractivity contribution is -0.123. The monoisotopic (exact) mass is 351 g/mol. The Bertz CT molecular complexity index is 511. The standard InChI is InChI=1S/C19H29N3O.ClH/c1-2-6-18(20)19(23)21-15-11-16-9-10-17(12-15)22(16)13-14-7-4-3-5-8-14;/h3-5,7-8,15-18H,2,6,9-13,20H2,1H3,(H,21,23);1H. The number of benzene rings is 1. The molecule has 2 bridgehead atoms. The minimum Gasteiger partial charge on any atom is -0.352 e. The van der Waals surface area contributed by atoms with Crippen molar-refractivity contribution in [3.63, 3.8) is 0 Å². The fourth-order valence-corrected chi connectivity index (χ4v) is 4.19. The Hall–Kier alpha value is -1.10. The summed E-state index contributed by atoms with van der Waals surface area (Å²) in [5.41, 5.74) is 7.32. The Balaban J connectivity index is 0.00000208. The van der Waals surface area contributed by atoms with Crippen LogP contribution in [0.2, 0.25) is 0 Å². The number of carbonyl (C=O) groups excluding carboxylic acids is 1. The predicted octanol–water partition coefficient (Wildman–Crippen LogP) is 2.85. The smallest absolute Gasteiger partial charge is 0.237 e. The largest absolute Gasteiger partial charge is 0.352 e. The fraction of sp³-hybridized carbons (Fsp3) is 0.632. The van der Waals surface area contributed by atoms with Gasteiger partial charge in [-0.2, -0.15) is 0 Å². The lowest BCUT2D eigenvalue weighted by atomic mass is 9.96. The fourth-order valence-electron chi connectivity index (χ4n) is 4.19. The summed E-state index contributed by atoms with van der Waals surface area (Å²) in [6.45, 7) is 3.10. The van der Waals surface area contributed by atoms with Gasteiger partial charge >= 0.3 is 0 Å². The van der Waals surface area contributed by atoms with Gasteiger partial charge in [0.25, 0.3) is 0 Å². The van der Waals surface area contributed by atoms with Gasteiger partial charge in [0.05, 0.1) is 6.04 Å². The number of hydrogen-bond donors (Lipinski definition) is 2. The number of rotatable bonds is 6. The van der Waals surface area contributed by atoms with Gasteiger partial charge < -0.3 is 11.1 Å². The van der Waals surface area contributed by atoms with E-state index in [-0.39, 0.29) is 24.4 Å². The van der Waals surface area contributed by atoms with E-state index in [1.165, 1.54) is 18.4 Å². The maximum Gasteiger partial charge on any atom is 0.237 e. The minimum absolute atomic E-state index is 0. The summed E-state index contributed by atoms with van der Waals surface area (Å²) >= 11 is 0. The van der Waals surface area contributed by atoms with Crippen LogP contribution < -0.4 is 11.1 Å². The Kier molecular flexibility index (Phi) is 7.08. The third kappa shape index (κ3) is 4.50. The van der Waals surface area contributed by atoms with Crippen LogP contribution >= 0.6 is 12.4 Å². The Morgan fingerprint density at radius 2 is 1.88 bits per heavy atom. The first-order chi connectivity index (χ1) is 11.2. The molecule has 0 aliphatic carbocycles. The summed E-state index contributed by atoms with van der Waals surface area (Å²) in [4.78, 5) is 14.8. The highest BCUT2D eigenvalue weighted by atomic mass is 35.5. The van der Waals surface area contributed by atoms with Gasteiger partial charge in [-0.15, -0.1) is 12.4 Å². The molecule has 1 aromatic carbocycles. The van der Waals surface area contributed by atoms with Crippen LogP contribution in [0.4, 0.5) is 0 Å². The number of nitrogens with zero attached hydrogens (tertiary/aromatic N) is 1. The van der Waals surface area contributed by atoms with E-state index in [4.69, 9.17) is 5.73 Å². The molecule has 1 aromatic rings. The van der Waals surface area contributed by atoms with Gasteiger partial charge in [-0.05, 0) is 37.7 Å². The summed E-state index contributed by atoms with van der Waals surface area (Å²) in [6.07, 6.45) is 6.36. The van der Waals surface area contributed by atoms with Crippen LogP contribution in [0.1, 0.15) is 51.0 Å². The quantitative estimate of drug-likeness (QED) is 0.828. The molecular formula is C19H30ClN3O. The number of fused-ring (bicyclic) bond motifs is 2. The minimum atomic E-state index is -0.347. The van der Waals surface area contributed by atoms with Crippen molar-refractivity contribution < 1.29 is 4.79 Å². The van der Waals surface area contributed by atoms with E-state index in [1.54, 1.807) is 0 Å². The summed E-state index contributed by atoms with van der Waals surface area (Å²) in [7, 11) is 0. The molecule has 2 fully saturated rings. The van der Waals surface area contributed by atoms with E-state index < -0.39 is 0 Å². The number of hydrogen-bond acceptors (Lipinski definition) is 3. The number of carbonyl (C=O) groups is 1. The zero-order chi connectivity index (χ0) is 16.2. The second-order valence-corrected chi connectivity index (χ2v) is 7.12. The van der Waals surface area contributed by atoms with Crippen molar-refractivity contribution >= 4 is 18.3 Å². The number of amides is 1. The predicted molar refractivity (Wildman–Crippen MR) is 100 cm³/mol. The Morgan fingerprint density at radius 3 is 2.46 bits per heavy atom. The molecule has 24 heavy (non-hydrogen) atoms. The highest BCUT2D eigenvalue weighted by Gasteiger charge is 2.41. The molecule has 2 saturated heterocycles. The lowest BCUT2D eigenvalue weighted by Gasteiger charge is -2.39. The van der Waals surface area contributed by atoms with Gasteiger partial charge in [0.15, 0.2) is 0 Å². The van der Waals surface area contributed by atoms with Gasteiger partial charge in [0, 0.05) is 24.7 Å². The van der Waals surface area contributed by atoms with E-state index in [9.17, 15) is 4.79 Å². The number of halogens is 1. The van der Waals surface area contributed by atoms with Gasteiger partial charge in [-0.3, -0.25) is 9.69 Å². The van der Waals surface area contributed by atoms with Gasteiger partial charge in [-0.1, -0.05) is 43.7 Å². The molecule has 4 nitrogen and oxygen atoms in total. The lowest BCUT2D eigenvalue weighted by Crippen LogP contribution is -2.52. The molecule has 0 spiro atoms. The van der Waals surface area contributed by atoms with Gasteiger partial charge in [0.1, 0.15) is 0 Å². The summed E-state index contributed by atoms with van der Waals surface area (Å²) in [5.74, 6) is 0.0350. The van der Waals surface area contributed by atoms with Crippen molar-refractivity contribution in [3.05, 3.63) is 35.9 Å². The first-order valence-corrected chi connectivity index (χ1v) is 9.03. The third-order valence-electron chi connectivity index (χ3n) is 5.38. The highest BCUT2D eigenvalue weighted by molar-refractivity contribution is 5.85. The molecule has 0 radical (unpaired) electrons. The van der Waals surface area contributed by atoms with Crippen molar-refractivity contribution in [2.24, 2.45) is 5.73 Å². The summed E-state index contributed by atoms with van der Waals surface area (Å²) < 4.78 is 0. The molecule has 2 heterocycles. The van der Waals surface area contributed by atoms with Crippen LogP contribution in [0.5, 0.6) is 0 Å². The third-order valence-corrected chi connectivity index (χ3v) is 5.38. The Labute approximate surface area is 151 Å². The van der Waals surface area contributed by atoms with Crippen LogP contribution in [-0.2, 0) is 11.3 Å². The maximum atomic E-state index is 12.2. The molecule has 134 valence electrons. The average Bonchev–Trinajstić information content (AvgIpc) is 2.79. The van der Waals surface area contributed by atoms with Crippen molar-refractivity contribution in [2.45, 2.75) is 76.2 Å². The number of piperidine rings is 1. The van der Waals surface area contributed by atoms with Crippen molar-refractivity contribution in [2.75, 3.05) is 0 Å². The molecule has 3 unspecified atom stereocenters. The topological polar surface area (TPSA) is 58.4 Å². The van der Waals surface area contributed by atoms with Crippen molar-refractivity contribution in [1.29, 1.82) is 0 Å². The number of nitrogens with two attached hydrogens (primary N) is 1. The molecule has 1 amide bonds. The van der Waals surface area contributed by atoms with Crippen LogP contribution in [0.25, 0.3) is 0 Å². The molecular weight excluding hydrogens is 322 g/mol. The molecule has 2 aliphatic heterocycles. The molecule has 2 aliphatic rings. The van der Waals surface area contributed by atoms with E-state index >= 15 is 0 Å². The second kappa shape index (κ2) is 8.84. The van der Waals surface area contributed by atoms with Crippen LogP contribution in [0, 0.1) is 0 Å². The Morgan fingerprint density at radius 1 is 1.25 bits per heavy atom. The molecule has 0 aromatic heterocycles. The van der Waals surface area contributed by atoms with E-state index in [2.05, 4.69) is 47.5 Å². The highest BCUT2D eigenvalue weighted by Crippen LogP contribution is 2.36. The van der Waals surface area contributed by atoms with Crippen LogP contribution in [-0.4, -0.2) is 35.0 Å². The van der Waals surface area contributed by atoms with Crippen molar-refractivity contribution in [1.82, 2.24) is 10.2 Å². The number of nitrogens with one attached hydrogen (secondary N) is 1. The second-order valence-electron chi connectivity index (χ2n) is 7.12. The van der Waals surface area contributed by atoms with Crippen LogP contribution in [0.3, 0.4) is 0 Å². The van der Waals surface area contributed by atoms with E-state index in [0.717, 1.165) is 32.2 Å². The zero-order valence-electron chi connectivity index (χ0n) is 14.5. The molecule has 3 N–H and O–H groups in total. The molecule has 5 heteroatoms.